The summed E-state index contributed by atoms with van der Waals surface area (Å²) < 4.78 is 13.2. The summed E-state index contributed by atoms with van der Waals surface area (Å²) in [6.45, 7) is 5.04. The minimum absolute atomic E-state index is 0.198. The van der Waals surface area contributed by atoms with Crippen molar-refractivity contribution in [3.63, 3.8) is 0 Å². The molecule has 0 unspecified atom stereocenters. The molecule has 0 saturated heterocycles. The molecule has 2 aromatic heterocycles. The van der Waals surface area contributed by atoms with Gasteiger partial charge in [0.25, 0.3) is 11.8 Å². The van der Waals surface area contributed by atoms with E-state index in [0.717, 1.165) is 36.3 Å². The van der Waals surface area contributed by atoms with Crippen molar-refractivity contribution in [2.75, 3.05) is 52.0 Å². The maximum absolute atomic E-state index is 11.8. The third kappa shape index (κ3) is 6.63. The van der Waals surface area contributed by atoms with Crippen LogP contribution in [0.15, 0.2) is 30.5 Å². The van der Waals surface area contributed by atoms with Gasteiger partial charge < -0.3 is 25.4 Å². The Labute approximate surface area is 227 Å². The summed E-state index contributed by atoms with van der Waals surface area (Å²) in [7, 11) is 5.26. The minimum Gasteiger partial charge on any atom is -0.496 e. The fourth-order valence-electron chi connectivity index (χ4n) is 4.53. The number of imide groups is 1. The van der Waals surface area contributed by atoms with Gasteiger partial charge in [0.15, 0.2) is 11.3 Å². The molecule has 2 amide bonds. The Hall–Kier alpha value is -4.19. The number of methoxy groups -OCH3 is 2. The minimum atomic E-state index is -0.255. The number of benzene rings is 1. The van der Waals surface area contributed by atoms with Crippen molar-refractivity contribution < 1.29 is 19.1 Å². The van der Waals surface area contributed by atoms with Crippen molar-refractivity contribution in [1.29, 1.82) is 0 Å². The number of hydrogen-bond donors (Lipinski definition) is 2. The Balaban J connectivity index is 1.47. The van der Waals surface area contributed by atoms with Crippen molar-refractivity contribution in [3.05, 3.63) is 41.6 Å². The predicted molar refractivity (Wildman–Crippen MR) is 149 cm³/mol. The Morgan fingerprint density at radius 3 is 2.41 bits per heavy atom. The molecule has 39 heavy (non-hydrogen) atoms. The molecular weight excluding hydrogens is 500 g/mol. The number of nitrogens with zero attached hydrogens (tertiary/aromatic N) is 6. The molecule has 208 valence electrons. The molecule has 0 radical (unpaired) electrons. The monoisotopic (exact) mass is 536 g/mol. The lowest BCUT2D eigenvalue weighted by molar-refractivity contribution is -0.136. The van der Waals surface area contributed by atoms with Crippen LogP contribution in [-0.4, -0.2) is 82.3 Å². The van der Waals surface area contributed by atoms with Gasteiger partial charge >= 0.3 is 0 Å². The number of aromatic nitrogens is 4. The summed E-state index contributed by atoms with van der Waals surface area (Å²) in [5, 5.41) is 8.03. The Bertz CT molecular complexity index is 1350. The van der Waals surface area contributed by atoms with Gasteiger partial charge in [-0.25, -0.2) is 4.98 Å². The van der Waals surface area contributed by atoms with Crippen LogP contribution in [0.25, 0.3) is 11.0 Å². The fourth-order valence-corrected chi connectivity index (χ4v) is 4.53. The van der Waals surface area contributed by atoms with Gasteiger partial charge in [-0.3, -0.25) is 19.2 Å². The molecule has 0 atom stereocenters. The molecule has 1 aromatic carbocycles. The van der Waals surface area contributed by atoms with Crippen LogP contribution >= 0.6 is 0 Å². The van der Waals surface area contributed by atoms with Gasteiger partial charge in [-0.2, -0.15) is 10.1 Å². The topological polar surface area (TPSA) is 141 Å². The molecule has 12 nitrogen and oxygen atoms in total. The number of ether oxygens (including phenoxy) is 2. The summed E-state index contributed by atoms with van der Waals surface area (Å²) in [4.78, 5) is 35.6. The highest BCUT2D eigenvalue weighted by molar-refractivity contribution is 6.12. The normalized spacial score (nSPS) is 13.2. The molecule has 0 bridgehead atoms. The second-order valence-corrected chi connectivity index (χ2v) is 9.50. The van der Waals surface area contributed by atoms with Gasteiger partial charge in [0.2, 0.25) is 5.95 Å². The van der Waals surface area contributed by atoms with E-state index in [4.69, 9.17) is 20.3 Å². The zero-order valence-electron chi connectivity index (χ0n) is 22.9. The van der Waals surface area contributed by atoms with Crippen LogP contribution in [0, 0.1) is 0 Å². The summed E-state index contributed by atoms with van der Waals surface area (Å²) in [5.74, 6) is 1.76. The van der Waals surface area contributed by atoms with E-state index in [2.05, 4.69) is 27.1 Å². The number of fused-ring (bicyclic) bond motifs is 1. The number of hydrogen-bond acceptors (Lipinski definition) is 10. The quantitative estimate of drug-likeness (QED) is 0.233. The van der Waals surface area contributed by atoms with E-state index in [1.165, 1.54) is 17.1 Å². The van der Waals surface area contributed by atoms with Crippen LogP contribution in [0.3, 0.4) is 0 Å². The van der Waals surface area contributed by atoms with E-state index in [1.54, 1.807) is 18.9 Å². The van der Waals surface area contributed by atoms with E-state index in [0.29, 0.717) is 55.2 Å². The Morgan fingerprint density at radius 1 is 1.03 bits per heavy atom. The van der Waals surface area contributed by atoms with Crippen molar-refractivity contribution in [2.24, 2.45) is 0 Å². The summed E-state index contributed by atoms with van der Waals surface area (Å²) >= 11 is 0. The lowest BCUT2D eigenvalue weighted by Gasteiger charge is -2.21. The SMILES string of the molecule is CCCCNc1nc(N)nc2cn(Cc3cc(OC)c(CN(C)CCCN4C(=O)C=CC4=O)cc3OC)nc12. The Kier molecular flexibility index (Phi) is 8.97. The number of carbonyl (C=O) groups is 2. The van der Waals surface area contributed by atoms with Gasteiger partial charge in [0.1, 0.15) is 17.0 Å². The van der Waals surface area contributed by atoms with Crippen LogP contribution in [0.5, 0.6) is 11.5 Å². The fraction of sp³-hybridized carbons (Fsp3) is 0.444. The molecule has 3 aromatic rings. The van der Waals surface area contributed by atoms with Crippen LogP contribution in [0.4, 0.5) is 11.8 Å². The van der Waals surface area contributed by atoms with Gasteiger partial charge in [-0.15, -0.1) is 0 Å². The first-order chi connectivity index (χ1) is 18.8. The average molecular weight is 537 g/mol. The Morgan fingerprint density at radius 2 is 1.72 bits per heavy atom. The smallest absolute Gasteiger partial charge is 0.253 e. The highest BCUT2D eigenvalue weighted by Gasteiger charge is 2.22. The van der Waals surface area contributed by atoms with Crippen molar-refractivity contribution in [3.8, 4) is 11.5 Å². The molecular formula is C27H36N8O4. The number of amides is 2. The van der Waals surface area contributed by atoms with E-state index in [9.17, 15) is 9.59 Å². The third-order valence-electron chi connectivity index (χ3n) is 6.53. The van der Waals surface area contributed by atoms with Crippen molar-refractivity contribution in [2.45, 2.75) is 39.3 Å². The summed E-state index contributed by atoms with van der Waals surface area (Å²) in [5.41, 5.74) is 9.12. The molecule has 1 aliphatic rings. The first-order valence-corrected chi connectivity index (χ1v) is 13.0. The van der Waals surface area contributed by atoms with Crippen molar-refractivity contribution >= 4 is 34.6 Å². The van der Waals surface area contributed by atoms with Gasteiger partial charge in [0, 0.05) is 42.9 Å². The maximum atomic E-state index is 11.8. The first-order valence-electron chi connectivity index (χ1n) is 13.0. The van der Waals surface area contributed by atoms with Crippen molar-refractivity contribution in [1.82, 2.24) is 29.5 Å². The number of nitrogens with two attached hydrogens (primary N) is 1. The van der Waals surface area contributed by atoms with Crippen LogP contribution in [0.2, 0.25) is 0 Å². The molecule has 3 N–H and O–H groups in total. The highest BCUT2D eigenvalue weighted by atomic mass is 16.5. The third-order valence-corrected chi connectivity index (χ3v) is 6.53. The number of unbranched alkanes of at least 4 members (excludes halogenated alkanes) is 1. The number of rotatable bonds is 14. The van der Waals surface area contributed by atoms with Gasteiger partial charge in [0.05, 0.1) is 27.0 Å². The number of nitrogens with one attached hydrogen (secondary N) is 1. The number of nitrogen functional groups attached to an aromatic ring is 1. The van der Waals surface area contributed by atoms with E-state index < -0.39 is 0 Å². The molecule has 0 fully saturated rings. The second kappa shape index (κ2) is 12.6. The standard InChI is InChI=1S/C27H36N8O4/c1-5-6-10-29-26-25-20(30-27(28)31-26)17-34(32-25)16-19-14-21(38-3)18(13-22(19)39-4)15-33(2)11-7-12-35-23(36)8-9-24(35)37/h8-9,13-14,17H,5-7,10-12,15-16H2,1-4H3,(H3,28,29,30,31). The largest absolute Gasteiger partial charge is 0.496 e. The van der Waals surface area contributed by atoms with E-state index >= 15 is 0 Å². The highest BCUT2D eigenvalue weighted by Crippen LogP contribution is 2.31. The predicted octanol–water partition coefficient (Wildman–Crippen LogP) is 2.43. The molecule has 1 aliphatic heterocycles. The average Bonchev–Trinajstić information content (AvgIpc) is 3.46. The molecule has 0 saturated carbocycles. The van der Waals surface area contributed by atoms with Crippen LogP contribution in [0.1, 0.15) is 37.3 Å². The van der Waals surface area contributed by atoms with Crippen LogP contribution in [-0.2, 0) is 22.7 Å². The molecule has 12 heteroatoms. The number of carbonyl (C=O) groups excluding carboxylic acids is 2. The first kappa shape index (κ1) is 27.8. The van der Waals surface area contributed by atoms with E-state index in [1.807, 2.05) is 25.4 Å². The second-order valence-electron chi connectivity index (χ2n) is 9.50. The molecule has 0 spiro atoms. The van der Waals surface area contributed by atoms with Gasteiger partial charge in [-0.05, 0) is 38.6 Å². The lowest BCUT2D eigenvalue weighted by atomic mass is 10.1. The zero-order chi connectivity index (χ0) is 27.9. The molecule has 3 heterocycles. The van der Waals surface area contributed by atoms with E-state index in [-0.39, 0.29) is 17.8 Å². The summed E-state index contributed by atoms with van der Waals surface area (Å²) in [6.07, 6.45) is 7.21. The maximum Gasteiger partial charge on any atom is 0.253 e. The van der Waals surface area contributed by atoms with Gasteiger partial charge in [-0.1, -0.05) is 13.3 Å². The number of anilines is 2. The zero-order valence-corrected chi connectivity index (χ0v) is 22.9. The summed E-state index contributed by atoms with van der Waals surface area (Å²) in [6, 6.07) is 3.93. The van der Waals surface area contributed by atoms with Crippen LogP contribution < -0.4 is 20.5 Å². The molecule has 0 aliphatic carbocycles. The lowest BCUT2D eigenvalue weighted by Crippen LogP contribution is -2.33. The molecule has 4 rings (SSSR count).